The van der Waals surface area contributed by atoms with Crippen LogP contribution in [0, 0.1) is 5.82 Å². The van der Waals surface area contributed by atoms with Crippen molar-refractivity contribution < 1.29 is 9.50 Å². The fourth-order valence-electron chi connectivity index (χ4n) is 5.37. The lowest BCUT2D eigenvalue weighted by Gasteiger charge is -2.43. The number of pyridine rings is 1. The molecule has 2 aliphatic rings. The van der Waals surface area contributed by atoms with Gasteiger partial charge in [-0.1, -0.05) is 30.3 Å². The summed E-state index contributed by atoms with van der Waals surface area (Å²) in [5, 5.41) is 16.6. The molecule has 2 unspecified atom stereocenters. The van der Waals surface area contributed by atoms with Crippen molar-refractivity contribution in [2.45, 2.75) is 50.3 Å². The highest BCUT2D eigenvalue weighted by Crippen LogP contribution is 2.39. The van der Waals surface area contributed by atoms with E-state index in [9.17, 15) is 5.11 Å². The Hall–Kier alpha value is -3.09. The van der Waals surface area contributed by atoms with Crippen molar-refractivity contribution in [2.75, 3.05) is 13.1 Å². The Kier molecular flexibility index (Phi) is 5.23. The molecule has 5 nitrogen and oxygen atoms in total. The molecule has 2 fully saturated rings. The number of halogens is 1. The van der Waals surface area contributed by atoms with Gasteiger partial charge in [0.1, 0.15) is 5.82 Å². The quantitative estimate of drug-likeness (QED) is 0.442. The maximum atomic E-state index is 15.3. The van der Waals surface area contributed by atoms with Crippen LogP contribution in [0.4, 0.5) is 4.39 Å². The SMILES string of the molecule is CC1(O)CN(Cc2ccc(-c3ccn(C4CC4)n3)cc2)CCC1c1ccc2ncccc2c1F. The molecule has 1 aliphatic carbocycles. The van der Waals surface area contributed by atoms with Gasteiger partial charge in [0.05, 0.1) is 22.9 Å². The zero-order valence-corrected chi connectivity index (χ0v) is 19.4. The molecule has 0 radical (unpaired) electrons. The standard InChI is InChI=1S/C28H29FN4O/c1-28(34)18-32(15-12-24(28)22-10-11-26-23(27(22)29)3-2-14-30-26)17-19-4-6-20(7-5-19)25-13-16-33(31-25)21-8-9-21/h2-7,10-11,13-14,16,21,24,34H,8-9,12,15,17-18H2,1H3. The minimum Gasteiger partial charge on any atom is -0.388 e. The molecule has 34 heavy (non-hydrogen) atoms. The Morgan fingerprint density at radius 3 is 2.65 bits per heavy atom. The highest BCUT2D eigenvalue weighted by molar-refractivity contribution is 5.80. The molecule has 3 heterocycles. The first-order valence-corrected chi connectivity index (χ1v) is 12.1. The molecular weight excluding hydrogens is 427 g/mol. The van der Waals surface area contributed by atoms with E-state index in [1.165, 1.54) is 18.4 Å². The van der Waals surface area contributed by atoms with E-state index >= 15 is 4.39 Å². The van der Waals surface area contributed by atoms with E-state index in [0.29, 0.717) is 35.5 Å². The number of fused-ring (bicyclic) bond motifs is 1. The molecule has 6 rings (SSSR count). The van der Waals surface area contributed by atoms with Gasteiger partial charge in [0, 0.05) is 42.4 Å². The summed E-state index contributed by atoms with van der Waals surface area (Å²) in [7, 11) is 0. The van der Waals surface area contributed by atoms with E-state index in [1.807, 2.05) is 13.0 Å². The second-order valence-electron chi connectivity index (χ2n) is 10.1. The van der Waals surface area contributed by atoms with Crippen LogP contribution in [0.1, 0.15) is 49.3 Å². The Morgan fingerprint density at radius 2 is 1.88 bits per heavy atom. The Balaban J connectivity index is 1.15. The number of benzene rings is 2. The van der Waals surface area contributed by atoms with Crippen molar-refractivity contribution in [3.05, 3.63) is 83.9 Å². The van der Waals surface area contributed by atoms with Gasteiger partial charge in [-0.05, 0) is 68.1 Å². The van der Waals surface area contributed by atoms with Crippen LogP contribution in [0.3, 0.4) is 0 Å². The summed E-state index contributed by atoms with van der Waals surface area (Å²) in [6.07, 6.45) is 6.90. The summed E-state index contributed by atoms with van der Waals surface area (Å²) >= 11 is 0. The molecular formula is C28H29FN4O. The predicted molar refractivity (Wildman–Crippen MR) is 131 cm³/mol. The number of hydrogen-bond donors (Lipinski definition) is 1. The average molecular weight is 457 g/mol. The topological polar surface area (TPSA) is 54.2 Å². The van der Waals surface area contributed by atoms with Gasteiger partial charge in [0.2, 0.25) is 0 Å². The monoisotopic (exact) mass is 456 g/mol. The molecule has 1 saturated carbocycles. The van der Waals surface area contributed by atoms with Gasteiger partial charge in [0.15, 0.2) is 0 Å². The summed E-state index contributed by atoms with van der Waals surface area (Å²) in [6.45, 7) is 3.88. The minimum atomic E-state index is -1.02. The highest BCUT2D eigenvalue weighted by atomic mass is 19.1. The fourth-order valence-corrected chi connectivity index (χ4v) is 5.37. The summed E-state index contributed by atoms with van der Waals surface area (Å²) in [4.78, 5) is 6.50. The van der Waals surface area contributed by atoms with E-state index in [-0.39, 0.29) is 11.7 Å². The number of β-amino-alcohol motifs (C(OH)–C–C–N with tert-alkyl or cyclic N) is 1. The normalized spacial score (nSPS) is 23.4. The smallest absolute Gasteiger partial charge is 0.136 e. The van der Waals surface area contributed by atoms with Crippen molar-refractivity contribution in [2.24, 2.45) is 0 Å². The molecule has 4 aromatic rings. The summed E-state index contributed by atoms with van der Waals surface area (Å²) in [5.41, 5.74) is 3.53. The number of aromatic nitrogens is 3. The van der Waals surface area contributed by atoms with Crippen LogP contribution in [0.15, 0.2) is 67.0 Å². The maximum Gasteiger partial charge on any atom is 0.136 e. The van der Waals surface area contributed by atoms with E-state index in [0.717, 1.165) is 24.3 Å². The number of piperidine rings is 1. The lowest BCUT2D eigenvalue weighted by atomic mass is 9.77. The van der Waals surface area contributed by atoms with Crippen LogP contribution in [0.25, 0.3) is 22.2 Å². The molecule has 0 spiro atoms. The molecule has 1 aliphatic heterocycles. The molecule has 6 heteroatoms. The van der Waals surface area contributed by atoms with Crippen molar-refractivity contribution in [1.29, 1.82) is 0 Å². The van der Waals surface area contributed by atoms with Gasteiger partial charge in [-0.3, -0.25) is 14.6 Å². The molecule has 1 saturated heterocycles. The minimum absolute atomic E-state index is 0.252. The van der Waals surface area contributed by atoms with Crippen LogP contribution < -0.4 is 0 Å². The molecule has 2 aromatic carbocycles. The number of likely N-dealkylation sites (tertiary alicyclic amines) is 1. The van der Waals surface area contributed by atoms with E-state index in [4.69, 9.17) is 5.10 Å². The zero-order chi connectivity index (χ0) is 23.3. The van der Waals surface area contributed by atoms with Crippen LogP contribution in [0.2, 0.25) is 0 Å². The van der Waals surface area contributed by atoms with Crippen LogP contribution in [-0.2, 0) is 6.54 Å². The van der Waals surface area contributed by atoms with Gasteiger partial charge < -0.3 is 5.11 Å². The third kappa shape index (κ3) is 4.01. The molecule has 1 N–H and O–H groups in total. The number of rotatable bonds is 5. The second kappa shape index (κ2) is 8.29. The summed E-state index contributed by atoms with van der Waals surface area (Å²) in [5.74, 6) is -0.513. The lowest BCUT2D eigenvalue weighted by Crippen LogP contribution is -2.50. The van der Waals surface area contributed by atoms with Crippen molar-refractivity contribution in [1.82, 2.24) is 19.7 Å². The van der Waals surface area contributed by atoms with Crippen LogP contribution in [0.5, 0.6) is 0 Å². The maximum absolute atomic E-state index is 15.3. The first-order valence-electron chi connectivity index (χ1n) is 12.1. The largest absolute Gasteiger partial charge is 0.388 e. The first kappa shape index (κ1) is 21.4. The van der Waals surface area contributed by atoms with Gasteiger partial charge in [-0.25, -0.2) is 4.39 Å². The molecule has 0 amide bonds. The number of hydrogen-bond acceptors (Lipinski definition) is 4. The molecule has 0 bridgehead atoms. The second-order valence-corrected chi connectivity index (χ2v) is 10.1. The third-order valence-electron chi connectivity index (χ3n) is 7.34. The predicted octanol–water partition coefficient (Wildman–Crippen LogP) is 5.31. The highest BCUT2D eigenvalue weighted by Gasteiger charge is 2.40. The zero-order valence-electron chi connectivity index (χ0n) is 19.4. The van der Waals surface area contributed by atoms with Gasteiger partial charge >= 0.3 is 0 Å². The summed E-state index contributed by atoms with van der Waals surface area (Å²) in [6, 6.07) is 18.3. The van der Waals surface area contributed by atoms with Crippen LogP contribution in [-0.4, -0.2) is 43.5 Å². The number of nitrogens with zero attached hydrogens (tertiary/aromatic N) is 4. The van der Waals surface area contributed by atoms with Crippen molar-refractivity contribution >= 4 is 10.9 Å². The molecule has 174 valence electrons. The van der Waals surface area contributed by atoms with E-state index < -0.39 is 5.60 Å². The molecule has 2 atom stereocenters. The van der Waals surface area contributed by atoms with Gasteiger partial charge in [0.25, 0.3) is 0 Å². The van der Waals surface area contributed by atoms with Crippen LogP contribution >= 0.6 is 0 Å². The average Bonchev–Trinajstić information content (AvgIpc) is 3.57. The Bertz CT molecular complexity index is 1330. The first-order chi connectivity index (χ1) is 16.5. The van der Waals surface area contributed by atoms with Crippen molar-refractivity contribution in [3.63, 3.8) is 0 Å². The summed E-state index contributed by atoms with van der Waals surface area (Å²) < 4.78 is 17.4. The molecule has 2 aromatic heterocycles. The Labute approximate surface area is 198 Å². The Morgan fingerprint density at radius 1 is 1.06 bits per heavy atom. The van der Waals surface area contributed by atoms with Gasteiger partial charge in [-0.15, -0.1) is 0 Å². The number of aliphatic hydroxyl groups is 1. The van der Waals surface area contributed by atoms with E-state index in [2.05, 4.69) is 51.1 Å². The third-order valence-corrected chi connectivity index (χ3v) is 7.34. The lowest BCUT2D eigenvalue weighted by molar-refractivity contribution is -0.0379. The fraction of sp³-hybridized carbons (Fsp3) is 0.357. The van der Waals surface area contributed by atoms with E-state index in [1.54, 1.807) is 24.4 Å². The van der Waals surface area contributed by atoms with Gasteiger partial charge in [-0.2, -0.15) is 5.10 Å². The van der Waals surface area contributed by atoms with Crippen molar-refractivity contribution in [3.8, 4) is 11.3 Å².